The SMILES string of the molecule is COc1cc(OC)c2cc(C3CC(c4ccco4)=NN3C(=O)C(C)C)c(Cl)nc2c1. The van der Waals surface area contributed by atoms with E-state index in [-0.39, 0.29) is 11.8 Å². The highest BCUT2D eigenvalue weighted by atomic mass is 35.5. The van der Waals surface area contributed by atoms with Crippen LogP contribution < -0.4 is 9.47 Å². The zero-order valence-corrected chi connectivity index (χ0v) is 17.9. The van der Waals surface area contributed by atoms with Gasteiger partial charge in [0, 0.05) is 35.4 Å². The molecule has 4 rings (SSSR count). The minimum atomic E-state index is -0.392. The number of pyridine rings is 1. The largest absolute Gasteiger partial charge is 0.497 e. The smallest absolute Gasteiger partial charge is 0.245 e. The topological polar surface area (TPSA) is 77.2 Å². The van der Waals surface area contributed by atoms with Crippen molar-refractivity contribution in [2.45, 2.75) is 26.3 Å². The third kappa shape index (κ3) is 3.50. The third-order valence-corrected chi connectivity index (χ3v) is 5.40. The van der Waals surface area contributed by atoms with Gasteiger partial charge in [0.05, 0.1) is 32.0 Å². The Morgan fingerprint density at radius 1 is 1.27 bits per heavy atom. The number of aromatic nitrogens is 1. The summed E-state index contributed by atoms with van der Waals surface area (Å²) < 4.78 is 16.4. The van der Waals surface area contributed by atoms with E-state index in [4.69, 9.17) is 25.5 Å². The standard InChI is InChI=1S/C22H22ClN3O4/c1-12(2)22(27)26-18(11-17(25-26)19-6-5-7-30-19)15-10-14-16(24-21(15)23)8-13(28-3)9-20(14)29-4/h5-10,12,18H,11H2,1-4H3. The van der Waals surface area contributed by atoms with E-state index in [0.717, 1.165) is 5.39 Å². The maximum absolute atomic E-state index is 12.9. The average Bonchev–Trinajstić information content (AvgIpc) is 3.41. The fraction of sp³-hybridized carbons (Fsp3) is 0.318. The summed E-state index contributed by atoms with van der Waals surface area (Å²) in [5, 5.41) is 7.15. The molecule has 1 unspecified atom stereocenters. The highest BCUT2D eigenvalue weighted by Crippen LogP contribution is 2.40. The van der Waals surface area contributed by atoms with Gasteiger partial charge in [0.25, 0.3) is 0 Å². The molecule has 7 nitrogen and oxygen atoms in total. The number of ether oxygens (including phenoxy) is 2. The number of furan rings is 1. The van der Waals surface area contributed by atoms with E-state index in [9.17, 15) is 4.79 Å². The van der Waals surface area contributed by atoms with E-state index >= 15 is 0 Å². The van der Waals surface area contributed by atoms with Crippen LogP contribution in [-0.4, -0.2) is 35.8 Å². The molecule has 0 aliphatic carbocycles. The first-order chi connectivity index (χ1) is 14.4. The normalized spacial score (nSPS) is 16.3. The molecule has 0 saturated carbocycles. The second kappa shape index (κ2) is 7.99. The summed E-state index contributed by atoms with van der Waals surface area (Å²) >= 11 is 6.59. The molecule has 0 spiro atoms. The van der Waals surface area contributed by atoms with Crippen molar-refractivity contribution in [3.8, 4) is 11.5 Å². The van der Waals surface area contributed by atoms with Crippen LogP contribution in [-0.2, 0) is 4.79 Å². The highest BCUT2D eigenvalue weighted by molar-refractivity contribution is 6.30. The van der Waals surface area contributed by atoms with Crippen molar-refractivity contribution in [3.63, 3.8) is 0 Å². The summed E-state index contributed by atoms with van der Waals surface area (Å²) in [7, 11) is 3.17. The summed E-state index contributed by atoms with van der Waals surface area (Å²) in [5.41, 5.74) is 2.04. The fourth-order valence-corrected chi connectivity index (χ4v) is 3.81. The molecule has 0 radical (unpaired) electrons. The first-order valence-corrected chi connectivity index (χ1v) is 9.97. The summed E-state index contributed by atoms with van der Waals surface area (Å²) in [6.45, 7) is 3.69. The Labute approximate surface area is 179 Å². The molecule has 1 aromatic carbocycles. The number of hydrazone groups is 1. The van der Waals surface area contributed by atoms with Gasteiger partial charge in [0.15, 0.2) is 0 Å². The summed E-state index contributed by atoms with van der Waals surface area (Å²) in [6, 6.07) is 8.73. The molecular formula is C22H22ClN3O4. The molecule has 156 valence electrons. The predicted molar refractivity (Wildman–Crippen MR) is 114 cm³/mol. The summed E-state index contributed by atoms with van der Waals surface area (Å²) in [6.07, 6.45) is 2.06. The Kier molecular flexibility index (Phi) is 5.39. The zero-order valence-electron chi connectivity index (χ0n) is 17.2. The Balaban J connectivity index is 1.83. The van der Waals surface area contributed by atoms with E-state index < -0.39 is 6.04 Å². The quantitative estimate of drug-likeness (QED) is 0.545. The van der Waals surface area contributed by atoms with E-state index in [2.05, 4.69) is 10.1 Å². The van der Waals surface area contributed by atoms with Gasteiger partial charge in [-0.3, -0.25) is 4.79 Å². The van der Waals surface area contributed by atoms with Crippen molar-refractivity contribution in [1.82, 2.24) is 9.99 Å². The number of carbonyl (C=O) groups is 1. The van der Waals surface area contributed by atoms with Crippen molar-refractivity contribution >= 4 is 34.1 Å². The van der Waals surface area contributed by atoms with E-state index in [0.29, 0.717) is 45.6 Å². The van der Waals surface area contributed by atoms with Crippen LogP contribution in [0.4, 0.5) is 0 Å². The second-order valence-electron chi connectivity index (χ2n) is 7.35. The monoisotopic (exact) mass is 427 g/mol. The molecule has 3 aromatic rings. The van der Waals surface area contributed by atoms with Gasteiger partial charge in [-0.05, 0) is 18.2 Å². The summed E-state index contributed by atoms with van der Waals surface area (Å²) in [4.78, 5) is 17.5. The van der Waals surface area contributed by atoms with Crippen LogP contribution in [0.25, 0.3) is 10.9 Å². The molecular weight excluding hydrogens is 406 g/mol. The Morgan fingerprint density at radius 2 is 2.07 bits per heavy atom. The first-order valence-electron chi connectivity index (χ1n) is 9.59. The van der Waals surface area contributed by atoms with Gasteiger partial charge >= 0.3 is 0 Å². The number of halogens is 1. The molecule has 0 saturated heterocycles. The summed E-state index contributed by atoms with van der Waals surface area (Å²) in [5.74, 6) is 1.54. The molecule has 1 amide bonds. The number of hydrogen-bond acceptors (Lipinski definition) is 6. The highest BCUT2D eigenvalue weighted by Gasteiger charge is 2.36. The molecule has 30 heavy (non-hydrogen) atoms. The Bertz CT molecular complexity index is 1130. The van der Waals surface area contributed by atoms with Crippen LogP contribution >= 0.6 is 11.6 Å². The van der Waals surface area contributed by atoms with Gasteiger partial charge in [0.2, 0.25) is 5.91 Å². The maximum Gasteiger partial charge on any atom is 0.245 e. The number of carbonyl (C=O) groups excluding carboxylic acids is 1. The van der Waals surface area contributed by atoms with Gasteiger partial charge in [-0.1, -0.05) is 25.4 Å². The number of fused-ring (bicyclic) bond motifs is 1. The lowest BCUT2D eigenvalue weighted by atomic mass is 9.99. The molecule has 1 aliphatic rings. The van der Waals surface area contributed by atoms with Crippen LogP contribution in [0.1, 0.15) is 37.6 Å². The van der Waals surface area contributed by atoms with Crippen LogP contribution in [0.5, 0.6) is 11.5 Å². The minimum Gasteiger partial charge on any atom is -0.497 e. The van der Waals surface area contributed by atoms with Gasteiger partial charge in [0.1, 0.15) is 28.1 Å². The minimum absolute atomic E-state index is 0.0978. The molecule has 0 bridgehead atoms. The fourth-order valence-electron chi connectivity index (χ4n) is 3.54. The molecule has 8 heteroatoms. The van der Waals surface area contributed by atoms with Crippen molar-refractivity contribution in [2.24, 2.45) is 11.0 Å². The number of rotatable bonds is 5. The first kappa shape index (κ1) is 20.2. The molecule has 0 fully saturated rings. The molecule has 1 aliphatic heterocycles. The molecule has 1 atom stereocenters. The van der Waals surface area contributed by atoms with Gasteiger partial charge in [-0.2, -0.15) is 5.10 Å². The van der Waals surface area contributed by atoms with Gasteiger partial charge in [-0.25, -0.2) is 9.99 Å². The van der Waals surface area contributed by atoms with E-state index in [1.165, 1.54) is 5.01 Å². The van der Waals surface area contributed by atoms with E-state index in [1.54, 1.807) is 38.7 Å². The average molecular weight is 428 g/mol. The van der Waals surface area contributed by atoms with Crippen LogP contribution in [0.3, 0.4) is 0 Å². The van der Waals surface area contributed by atoms with Crippen LogP contribution in [0.15, 0.2) is 46.1 Å². The Morgan fingerprint density at radius 3 is 2.70 bits per heavy atom. The number of hydrogen-bond donors (Lipinski definition) is 0. The molecule has 0 N–H and O–H groups in total. The lowest BCUT2D eigenvalue weighted by Crippen LogP contribution is -2.30. The number of nitrogens with zero attached hydrogens (tertiary/aromatic N) is 3. The Hall–Kier alpha value is -3.06. The lowest BCUT2D eigenvalue weighted by Gasteiger charge is -2.24. The lowest BCUT2D eigenvalue weighted by molar-refractivity contribution is -0.136. The van der Waals surface area contributed by atoms with Crippen LogP contribution in [0.2, 0.25) is 5.15 Å². The number of amides is 1. The van der Waals surface area contributed by atoms with Gasteiger partial charge in [-0.15, -0.1) is 0 Å². The van der Waals surface area contributed by atoms with Gasteiger partial charge < -0.3 is 13.9 Å². The maximum atomic E-state index is 12.9. The number of benzene rings is 1. The number of methoxy groups -OCH3 is 2. The third-order valence-electron chi connectivity index (χ3n) is 5.10. The van der Waals surface area contributed by atoms with Crippen molar-refractivity contribution in [3.05, 3.63) is 53.1 Å². The van der Waals surface area contributed by atoms with Crippen molar-refractivity contribution < 1.29 is 18.7 Å². The molecule has 2 aromatic heterocycles. The van der Waals surface area contributed by atoms with Crippen molar-refractivity contribution in [1.29, 1.82) is 0 Å². The van der Waals surface area contributed by atoms with E-state index in [1.807, 2.05) is 26.0 Å². The second-order valence-corrected chi connectivity index (χ2v) is 7.70. The molecule has 3 heterocycles. The van der Waals surface area contributed by atoms with Crippen LogP contribution in [0, 0.1) is 5.92 Å². The zero-order chi connectivity index (χ0) is 21.4. The predicted octanol–water partition coefficient (Wildman–Crippen LogP) is 4.83. The van der Waals surface area contributed by atoms with Crippen molar-refractivity contribution in [2.75, 3.05) is 14.2 Å².